The summed E-state index contributed by atoms with van der Waals surface area (Å²) in [7, 11) is 0. The van der Waals surface area contributed by atoms with Crippen molar-refractivity contribution in [1.29, 1.82) is 0 Å². The predicted octanol–water partition coefficient (Wildman–Crippen LogP) is 4.90. The number of esters is 2. The molecular formula is C22H17BrO5. The van der Waals surface area contributed by atoms with Gasteiger partial charge in [0.15, 0.2) is 0 Å². The molecule has 0 saturated carbocycles. The lowest BCUT2D eigenvalue weighted by Crippen LogP contribution is -2.15. The van der Waals surface area contributed by atoms with E-state index >= 15 is 0 Å². The van der Waals surface area contributed by atoms with Crippen LogP contribution in [0.5, 0.6) is 11.5 Å². The van der Waals surface area contributed by atoms with Gasteiger partial charge in [0, 0.05) is 4.47 Å². The molecule has 0 fully saturated rings. The SMILES string of the molecule is O=C(Oc1ccccc1C(=O)OCCOc1ccccc1)c1ccccc1Br. The third-order valence-corrected chi connectivity index (χ3v) is 4.42. The van der Waals surface area contributed by atoms with Gasteiger partial charge in [0.25, 0.3) is 0 Å². The summed E-state index contributed by atoms with van der Waals surface area (Å²) in [6.45, 7) is 0.287. The van der Waals surface area contributed by atoms with Crippen LogP contribution in [0.25, 0.3) is 0 Å². The van der Waals surface area contributed by atoms with Gasteiger partial charge < -0.3 is 14.2 Å². The maximum Gasteiger partial charge on any atom is 0.344 e. The van der Waals surface area contributed by atoms with Crippen molar-refractivity contribution in [3.05, 3.63) is 94.5 Å². The van der Waals surface area contributed by atoms with Crippen LogP contribution < -0.4 is 9.47 Å². The van der Waals surface area contributed by atoms with Crippen molar-refractivity contribution < 1.29 is 23.8 Å². The molecule has 0 unspecified atom stereocenters. The van der Waals surface area contributed by atoms with E-state index in [9.17, 15) is 9.59 Å². The molecule has 0 atom stereocenters. The Bertz CT molecular complexity index is 956. The summed E-state index contributed by atoms with van der Waals surface area (Å²) in [6.07, 6.45) is 0. The Morgan fingerprint density at radius 3 is 2.11 bits per heavy atom. The fourth-order valence-electron chi connectivity index (χ4n) is 2.39. The van der Waals surface area contributed by atoms with Gasteiger partial charge in [0.2, 0.25) is 0 Å². The first-order valence-electron chi connectivity index (χ1n) is 8.56. The maximum absolute atomic E-state index is 12.4. The predicted molar refractivity (Wildman–Crippen MR) is 108 cm³/mol. The van der Waals surface area contributed by atoms with Gasteiger partial charge in [0.05, 0.1) is 5.56 Å². The Morgan fingerprint density at radius 1 is 0.714 bits per heavy atom. The molecular weight excluding hydrogens is 424 g/mol. The number of ether oxygens (including phenoxy) is 3. The number of halogens is 1. The Labute approximate surface area is 171 Å². The van der Waals surface area contributed by atoms with Crippen LogP contribution in [0.1, 0.15) is 20.7 Å². The van der Waals surface area contributed by atoms with E-state index in [1.165, 1.54) is 0 Å². The van der Waals surface area contributed by atoms with E-state index < -0.39 is 11.9 Å². The number of carbonyl (C=O) groups is 2. The van der Waals surface area contributed by atoms with Crippen molar-refractivity contribution >= 4 is 27.9 Å². The normalized spacial score (nSPS) is 10.2. The first-order chi connectivity index (χ1) is 13.6. The van der Waals surface area contributed by atoms with Crippen molar-refractivity contribution in [2.45, 2.75) is 0 Å². The highest BCUT2D eigenvalue weighted by Crippen LogP contribution is 2.23. The van der Waals surface area contributed by atoms with Crippen molar-refractivity contribution in [3.63, 3.8) is 0 Å². The van der Waals surface area contributed by atoms with E-state index in [1.807, 2.05) is 30.3 Å². The molecule has 3 rings (SSSR count). The molecule has 5 nitrogen and oxygen atoms in total. The lowest BCUT2D eigenvalue weighted by atomic mass is 10.2. The summed E-state index contributed by atoms with van der Waals surface area (Å²) < 4.78 is 16.7. The fraction of sp³-hybridized carbons (Fsp3) is 0.0909. The highest BCUT2D eigenvalue weighted by atomic mass is 79.9. The molecule has 0 N–H and O–H groups in total. The van der Waals surface area contributed by atoms with Gasteiger partial charge in [-0.1, -0.05) is 42.5 Å². The van der Waals surface area contributed by atoms with Crippen LogP contribution in [0.2, 0.25) is 0 Å². The minimum Gasteiger partial charge on any atom is -0.490 e. The highest BCUT2D eigenvalue weighted by Gasteiger charge is 2.18. The van der Waals surface area contributed by atoms with Crippen LogP contribution >= 0.6 is 15.9 Å². The molecule has 0 aliphatic rings. The molecule has 0 aliphatic heterocycles. The van der Waals surface area contributed by atoms with E-state index in [-0.39, 0.29) is 24.5 Å². The van der Waals surface area contributed by atoms with Gasteiger partial charge in [-0.2, -0.15) is 0 Å². The second-order valence-electron chi connectivity index (χ2n) is 5.66. The van der Waals surface area contributed by atoms with Gasteiger partial charge in [-0.15, -0.1) is 0 Å². The van der Waals surface area contributed by atoms with Crippen molar-refractivity contribution in [2.75, 3.05) is 13.2 Å². The van der Waals surface area contributed by atoms with Gasteiger partial charge >= 0.3 is 11.9 Å². The lowest BCUT2D eigenvalue weighted by molar-refractivity contribution is 0.0445. The molecule has 0 radical (unpaired) electrons. The monoisotopic (exact) mass is 440 g/mol. The first kappa shape index (κ1) is 19.6. The van der Waals surface area contributed by atoms with Gasteiger partial charge in [-0.05, 0) is 52.3 Å². The Morgan fingerprint density at radius 2 is 1.36 bits per heavy atom. The second-order valence-corrected chi connectivity index (χ2v) is 6.52. The smallest absolute Gasteiger partial charge is 0.344 e. The van der Waals surface area contributed by atoms with Crippen LogP contribution in [0.15, 0.2) is 83.3 Å². The second kappa shape index (κ2) is 9.71. The van der Waals surface area contributed by atoms with Gasteiger partial charge in [0.1, 0.15) is 30.3 Å². The van der Waals surface area contributed by atoms with Crippen LogP contribution in [0, 0.1) is 0 Å². The molecule has 3 aromatic carbocycles. The molecule has 3 aromatic rings. The topological polar surface area (TPSA) is 61.8 Å². The Hall–Kier alpha value is -3.12. The van der Waals surface area contributed by atoms with Crippen LogP contribution in [0.3, 0.4) is 0 Å². The van der Waals surface area contributed by atoms with Crippen LogP contribution in [-0.2, 0) is 4.74 Å². The van der Waals surface area contributed by atoms with Crippen molar-refractivity contribution in [2.24, 2.45) is 0 Å². The molecule has 142 valence electrons. The van der Waals surface area contributed by atoms with Crippen LogP contribution in [0.4, 0.5) is 0 Å². The molecule has 6 heteroatoms. The minimum atomic E-state index is -0.591. The van der Waals surface area contributed by atoms with Crippen molar-refractivity contribution in [1.82, 2.24) is 0 Å². The lowest BCUT2D eigenvalue weighted by Gasteiger charge is -2.11. The number of rotatable bonds is 7. The number of para-hydroxylation sites is 2. The number of carbonyl (C=O) groups excluding carboxylic acids is 2. The highest BCUT2D eigenvalue weighted by molar-refractivity contribution is 9.10. The molecule has 0 aliphatic carbocycles. The van der Waals surface area contributed by atoms with E-state index in [4.69, 9.17) is 14.2 Å². The fourth-order valence-corrected chi connectivity index (χ4v) is 2.84. The molecule has 0 spiro atoms. The summed E-state index contributed by atoms with van der Waals surface area (Å²) in [5.74, 6) is -0.328. The molecule has 0 aromatic heterocycles. The third-order valence-electron chi connectivity index (χ3n) is 3.73. The zero-order chi connectivity index (χ0) is 19.8. The number of hydrogen-bond acceptors (Lipinski definition) is 5. The van der Waals surface area contributed by atoms with E-state index in [2.05, 4.69) is 15.9 Å². The minimum absolute atomic E-state index is 0.0697. The first-order valence-corrected chi connectivity index (χ1v) is 9.35. The van der Waals surface area contributed by atoms with E-state index in [0.29, 0.717) is 15.8 Å². The maximum atomic E-state index is 12.4. The molecule has 0 bridgehead atoms. The zero-order valence-electron chi connectivity index (χ0n) is 14.8. The summed E-state index contributed by atoms with van der Waals surface area (Å²) in [5, 5.41) is 0. The molecule has 0 saturated heterocycles. The largest absolute Gasteiger partial charge is 0.490 e. The number of benzene rings is 3. The summed E-state index contributed by atoms with van der Waals surface area (Å²) in [6, 6.07) is 22.6. The molecule has 0 amide bonds. The van der Waals surface area contributed by atoms with Crippen LogP contribution in [-0.4, -0.2) is 25.2 Å². The van der Waals surface area contributed by atoms with E-state index in [1.54, 1.807) is 48.5 Å². The van der Waals surface area contributed by atoms with E-state index in [0.717, 1.165) is 0 Å². The quantitative estimate of drug-likeness (QED) is 0.297. The third kappa shape index (κ3) is 5.20. The zero-order valence-corrected chi connectivity index (χ0v) is 16.4. The standard InChI is InChI=1S/C22H17BrO5/c23-19-12-6-4-10-17(19)22(25)28-20-13-7-5-11-18(20)21(24)27-15-14-26-16-8-2-1-3-9-16/h1-13H,14-15H2. The summed E-state index contributed by atoms with van der Waals surface area (Å²) in [5.41, 5.74) is 0.532. The Balaban J connectivity index is 1.60. The molecule has 28 heavy (non-hydrogen) atoms. The molecule has 0 heterocycles. The average Bonchev–Trinajstić information content (AvgIpc) is 2.72. The number of hydrogen-bond donors (Lipinski definition) is 0. The Kier molecular flexibility index (Phi) is 6.81. The summed E-state index contributed by atoms with van der Waals surface area (Å²) >= 11 is 3.31. The van der Waals surface area contributed by atoms with Gasteiger partial charge in [-0.3, -0.25) is 0 Å². The average molecular weight is 441 g/mol. The van der Waals surface area contributed by atoms with Crippen molar-refractivity contribution in [3.8, 4) is 11.5 Å². The van der Waals surface area contributed by atoms with Gasteiger partial charge in [-0.25, -0.2) is 9.59 Å². The summed E-state index contributed by atoms with van der Waals surface area (Å²) in [4.78, 5) is 24.8.